The zero-order valence-corrected chi connectivity index (χ0v) is 11.6. The zero-order valence-electron chi connectivity index (χ0n) is 10.7. The van der Waals surface area contributed by atoms with Gasteiger partial charge in [0.1, 0.15) is 5.69 Å². The van der Waals surface area contributed by atoms with Crippen molar-refractivity contribution in [3.63, 3.8) is 0 Å². The third-order valence-corrected chi connectivity index (χ3v) is 3.52. The molecule has 102 valence electrons. The summed E-state index contributed by atoms with van der Waals surface area (Å²) in [5.41, 5.74) is 1.35. The third-order valence-electron chi connectivity index (χ3n) is 2.88. The first-order chi connectivity index (χ1) is 9.26. The highest BCUT2D eigenvalue weighted by Gasteiger charge is 2.15. The maximum atomic E-state index is 12.2. The molecule has 2 aromatic heterocycles. The van der Waals surface area contributed by atoms with E-state index in [2.05, 4.69) is 10.4 Å². The van der Waals surface area contributed by atoms with Crippen LogP contribution in [0.4, 0.5) is 0 Å². The second kappa shape index (κ2) is 6.58. The molecule has 5 nitrogen and oxygen atoms in total. The number of nitrogens with one attached hydrogen (secondary N) is 1. The number of nitrogens with zero attached hydrogens (tertiary/aromatic N) is 2. The van der Waals surface area contributed by atoms with Crippen LogP contribution in [0.1, 0.15) is 16.9 Å². The Balaban J connectivity index is 2.12. The average molecular weight is 279 g/mol. The van der Waals surface area contributed by atoms with Crippen LogP contribution in [0, 0.1) is 0 Å². The molecular formula is C13H17N3O2S. The maximum absolute atomic E-state index is 12.2. The monoisotopic (exact) mass is 279 g/mol. The standard InChI is InChI=1S/C13H17N3O2S/c1-19-8-6-10(9-17)15-13(18)12-4-2-3-11-5-7-14-16(11)12/h2-5,7,10,17H,6,8-9H2,1H3,(H,15,18)/t10-/m0/s1. The summed E-state index contributed by atoms with van der Waals surface area (Å²) in [5, 5.41) is 16.2. The van der Waals surface area contributed by atoms with Crippen molar-refractivity contribution in [1.29, 1.82) is 0 Å². The van der Waals surface area contributed by atoms with Crippen LogP contribution < -0.4 is 5.32 Å². The van der Waals surface area contributed by atoms with Crippen molar-refractivity contribution in [2.45, 2.75) is 12.5 Å². The van der Waals surface area contributed by atoms with E-state index in [1.165, 1.54) is 0 Å². The summed E-state index contributed by atoms with van der Waals surface area (Å²) in [6.07, 6.45) is 4.41. The van der Waals surface area contributed by atoms with Crippen molar-refractivity contribution < 1.29 is 9.90 Å². The van der Waals surface area contributed by atoms with Gasteiger partial charge < -0.3 is 10.4 Å². The maximum Gasteiger partial charge on any atom is 0.270 e. The molecule has 1 amide bonds. The van der Waals surface area contributed by atoms with Crippen LogP contribution in [0.25, 0.3) is 5.52 Å². The molecule has 0 saturated carbocycles. The molecule has 2 N–H and O–H groups in total. The van der Waals surface area contributed by atoms with Gasteiger partial charge in [-0.2, -0.15) is 16.9 Å². The normalized spacial score (nSPS) is 12.5. The molecule has 0 spiro atoms. The minimum Gasteiger partial charge on any atom is -0.394 e. The molecule has 2 aromatic rings. The van der Waals surface area contributed by atoms with E-state index < -0.39 is 0 Å². The molecule has 2 heterocycles. The summed E-state index contributed by atoms with van der Waals surface area (Å²) in [7, 11) is 0. The van der Waals surface area contributed by atoms with Crippen LogP contribution in [0.5, 0.6) is 0 Å². The molecule has 0 radical (unpaired) electrons. The second-order valence-electron chi connectivity index (χ2n) is 4.21. The number of hydrogen-bond donors (Lipinski definition) is 2. The largest absolute Gasteiger partial charge is 0.394 e. The molecule has 1 atom stereocenters. The number of pyridine rings is 1. The van der Waals surface area contributed by atoms with E-state index >= 15 is 0 Å². The Morgan fingerprint density at radius 3 is 3.11 bits per heavy atom. The van der Waals surface area contributed by atoms with Crippen LogP contribution in [0.15, 0.2) is 30.5 Å². The lowest BCUT2D eigenvalue weighted by Gasteiger charge is -2.16. The van der Waals surface area contributed by atoms with E-state index in [1.54, 1.807) is 28.5 Å². The van der Waals surface area contributed by atoms with Crippen LogP contribution in [-0.4, -0.2) is 45.3 Å². The quantitative estimate of drug-likeness (QED) is 0.833. The first kappa shape index (κ1) is 13.9. The van der Waals surface area contributed by atoms with Crippen molar-refractivity contribution in [2.24, 2.45) is 0 Å². The average Bonchev–Trinajstić information content (AvgIpc) is 2.91. The Labute approximate surface area is 116 Å². The van der Waals surface area contributed by atoms with E-state index in [-0.39, 0.29) is 18.6 Å². The van der Waals surface area contributed by atoms with Gasteiger partial charge in [0.2, 0.25) is 0 Å². The molecule has 0 aromatic carbocycles. The highest BCUT2D eigenvalue weighted by Crippen LogP contribution is 2.07. The summed E-state index contributed by atoms with van der Waals surface area (Å²) in [4.78, 5) is 12.2. The Bertz CT molecular complexity index is 556. The first-order valence-electron chi connectivity index (χ1n) is 6.09. The van der Waals surface area contributed by atoms with Gasteiger partial charge in [-0.05, 0) is 36.6 Å². The SMILES string of the molecule is CSCC[C@@H](CO)NC(=O)c1cccc2ccnn12. The number of carbonyl (C=O) groups is 1. The molecule has 6 heteroatoms. The van der Waals surface area contributed by atoms with Gasteiger partial charge in [0.25, 0.3) is 5.91 Å². The lowest BCUT2D eigenvalue weighted by Crippen LogP contribution is -2.38. The van der Waals surface area contributed by atoms with E-state index in [0.29, 0.717) is 5.69 Å². The highest BCUT2D eigenvalue weighted by molar-refractivity contribution is 7.98. The summed E-state index contributed by atoms with van der Waals surface area (Å²) in [6, 6.07) is 7.06. The molecule has 0 fully saturated rings. The van der Waals surface area contributed by atoms with Crippen LogP contribution in [0.3, 0.4) is 0 Å². The van der Waals surface area contributed by atoms with Crippen LogP contribution in [-0.2, 0) is 0 Å². The summed E-state index contributed by atoms with van der Waals surface area (Å²) >= 11 is 1.69. The number of hydrogen-bond acceptors (Lipinski definition) is 4. The minimum absolute atomic E-state index is 0.0542. The van der Waals surface area contributed by atoms with E-state index in [0.717, 1.165) is 17.7 Å². The van der Waals surface area contributed by atoms with Crippen LogP contribution >= 0.6 is 11.8 Å². The molecule has 0 aliphatic heterocycles. The number of aromatic nitrogens is 2. The van der Waals surface area contributed by atoms with Gasteiger partial charge in [-0.3, -0.25) is 4.79 Å². The number of carbonyl (C=O) groups excluding carboxylic acids is 1. The van der Waals surface area contributed by atoms with Gasteiger partial charge in [0, 0.05) is 0 Å². The van der Waals surface area contributed by atoms with Crippen molar-refractivity contribution >= 4 is 23.2 Å². The number of aliphatic hydroxyl groups excluding tert-OH is 1. The molecule has 0 aliphatic rings. The fourth-order valence-electron chi connectivity index (χ4n) is 1.85. The fraction of sp³-hybridized carbons (Fsp3) is 0.385. The molecule has 0 unspecified atom stereocenters. The van der Waals surface area contributed by atoms with Crippen LogP contribution in [0.2, 0.25) is 0 Å². The van der Waals surface area contributed by atoms with E-state index in [4.69, 9.17) is 0 Å². The van der Waals surface area contributed by atoms with Gasteiger partial charge >= 0.3 is 0 Å². The lowest BCUT2D eigenvalue weighted by atomic mass is 10.2. The molecule has 0 saturated heterocycles. The van der Waals surface area contributed by atoms with Crippen molar-refractivity contribution in [3.05, 3.63) is 36.2 Å². The number of amides is 1. The number of aliphatic hydroxyl groups is 1. The number of fused-ring (bicyclic) bond motifs is 1. The van der Waals surface area contributed by atoms with Gasteiger partial charge in [0.15, 0.2) is 0 Å². The van der Waals surface area contributed by atoms with E-state index in [1.807, 2.05) is 24.5 Å². The third kappa shape index (κ3) is 3.27. The van der Waals surface area contributed by atoms with Gasteiger partial charge in [-0.1, -0.05) is 6.07 Å². The Morgan fingerprint density at radius 1 is 1.53 bits per heavy atom. The van der Waals surface area contributed by atoms with Gasteiger partial charge in [-0.25, -0.2) is 4.52 Å². The van der Waals surface area contributed by atoms with E-state index in [9.17, 15) is 9.90 Å². The first-order valence-corrected chi connectivity index (χ1v) is 7.49. The Morgan fingerprint density at radius 2 is 2.37 bits per heavy atom. The predicted octanol–water partition coefficient (Wildman–Crippen LogP) is 1.18. The van der Waals surface area contributed by atoms with Gasteiger partial charge in [0.05, 0.1) is 24.4 Å². The van der Waals surface area contributed by atoms with Crippen molar-refractivity contribution in [1.82, 2.24) is 14.9 Å². The predicted molar refractivity (Wildman–Crippen MR) is 76.5 cm³/mol. The minimum atomic E-state index is -0.217. The Hall–Kier alpha value is -1.53. The van der Waals surface area contributed by atoms with Crippen molar-refractivity contribution in [2.75, 3.05) is 18.6 Å². The molecule has 2 rings (SSSR count). The number of thioether (sulfide) groups is 1. The Kier molecular flexibility index (Phi) is 4.81. The smallest absolute Gasteiger partial charge is 0.270 e. The van der Waals surface area contributed by atoms with Crippen molar-refractivity contribution in [3.8, 4) is 0 Å². The second-order valence-corrected chi connectivity index (χ2v) is 5.20. The topological polar surface area (TPSA) is 66.6 Å². The lowest BCUT2D eigenvalue weighted by molar-refractivity contribution is 0.0908. The molecular weight excluding hydrogens is 262 g/mol. The van der Waals surface area contributed by atoms with Gasteiger partial charge in [-0.15, -0.1) is 0 Å². The highest BCUT2D eigenvalue weighted by atomic mass is 32.2. The fourth-order valence-corrected chi connectivity index (χ4v) is 2.37. The summed E-state index contributed by atoms with van der Waals surface area (Å²) in [6.45, 7) is -0.0542. The number of rotatable bonds is 6. The summed E-state index contributed by atoms with van der Waals surface area (Å²) < 4.78 is 1.60. The molecule has 0 aliphatic carbocycles. The zero-order chi connectivity index (χ0) is 13.7. The molecule has 0 bridgehead atoms. The molecule has 19 heavy (non-hydrogen) atoms. The summed E-state index contributed by atoms with van der Waals surface area (Å²) in [5.74, 6) is 0.687.